The van der Waals surface area contributed by atoms with Crippen molar-refractivity contribution in [2.45, 2.75) is 39.7 Å². The van der Waals surface area contributed by atoms with E-state index in [0.29, 0.717) is 18.4 Å². The summed E-state index contributed by atoms with van der Waals surface area (Å²) >= 11 is 0. The van der Waals surface area contributed by atoms with Crippen LogP contribution in [0.1, 0.15) is 44.2 Å². The van der Waals surface area contributed by atoms with Gasteiger partial charge >= 0.3 is 0 Å². The number of hydrogen-bond acceptors (Lipinski definition) is 1. The molecule has 0 fully saturated rings. The summed E-state index contributed by atoms with van der Waals surface area (Å²) in [6.07, 6.45) is 0.920. The van der Waals surface area contributed by atoms with Crippen molar-refractivity contribution in [1.82, 2.24) is 0 Å². The van der Waals surface area contributed by atoms with Crippen molar-refractivity contribution in [2.75, 3.05) is 0 Å². The Hall–Kier alpha value is -2.20. The van der Waals surface area contributed by atoms with E-state index in [2.05, 4.69) is 69.0 Å². The second-order valence-corrected chi connectivity index (χ2v) is 5.60. The van der Waals surface area contributed by atoms with E-state index < -0.39 is 0 Å². The molecule has 0 saturated carbocycles. The number of ether oxygens (including phenoxy) is 1. The zero-order valence-electron chi connectivity index (χ0n) is 13.7. The summed E-state index contributed by atoms with van der Waals surface area (Å²) in [6.45, 7) is 7.11. The smallest absolute Gasteiger partial charge is 0.119 e. The van der Waals surface area contributed by atoms with Gasteiger partial charge in [-0.05, 0) is 29.2 Å². The Labute approximate surface area is 134 Å². The van der Waals surface area contributed by atoms with Crippen LogP contribution in [0, 0.1) is 17.8 Å². The topological polar surface area (TPSA) is 9.23 Å². The first-order valence-electron chi connectivity index (χ1n) is 7.95. The molecule has 2 aromatic rings. The third-order valence-corrected chi connectivity index (χ3v) is 3.91. The number of hydrogen-bond donors (Lipinski definition) is 0. The monoisotopic (exact) mass is 292 g/mol. The Balaban J connectivity index is 1.95. The summed E-state index contributed by atoms with van der Waals surface area (Å²) in [5.41, 5.74) is 2.49. The molecule has 0 amide bonds. The lowest BCUT2D eigenvalue weighted by Gasteiger charge is -2.16. The van der Waals surface area contributed by atoms with Crippen molar-refractivity contribution in [3.8, 4) is 17.6 Å². The molecule has 22 heavy (non-hydrogen) atoms. The normalized spacial score (nSPS) is 12.9. The van der Waals surface area contributed by atoms with E-state index in [9.17, 15) is 0 Å². The van der Waals surface area contributed by atoms with Gasteiger partial charge in [0.2, 0.25) is 0 Å². The van der Waals surface area contributed by atoms with Crippen molar-refractivity contribution in [3.05, 3.63) is 65.7 Å². The fourth-order valence-electron chi connectivity index (χ4n) is 2.29. The first kappa shape index (κ1) is 16.2. The molecular formula is C21H24O. The molecule has 0 aliphatic carbocycles. The second-order valence-electron chi connectivity index (χ2n) is 5.60. The van der Waals surface area contributed by atoms with Crippen LogP contribution in [-0.4, -0.2) is 0 Å². The van der Waals surface area contributed by atoms with Gasteiger partial charge in [-0.1, -0.05) is 69.2 Å². The van der Waals surface area contributed by atoms with E-state index in [1.54, 1.807) is 0 Å². The van der Waals surface area contributed by atoms with Crippen LogP contribution in [-0.2, 0) is 6.61 Å². The molecule has 114 valence electrons. The summed E-state index contributed by atoms with van der Waals surface area (Å²) in [5, 5.41) is 0. The van der Waals surface area contributed by atoms with Crippen LogP contribution in [0.2, 0.25) is 0 Å². The quantitative estimate of drug-likeness (QED) is 0.669. The highest BCUT2D eigenvalue weighted by atomic mass is 16.5. The predicted molar refractivity (Wildman–Crippen MR) is 92.9 cm³/mol. The molecule has 0 heterocycles. The SMILES string of the molecule is CCC#CC(C)C(C)c1ccc(OCc2ccccc2)cc1. The lowest BCUT2D eigenvalue weighted by Crippen LogP contribution is -2.04. The van der Waals surface area contributed by atoms with Gasteiger partial charge in [0.15, 0.2) is 0 Å². The molecule has 2 rings (SSSR count). The number of benzene rings is 2. The van der Waals surface area contributed by atoms with E-state index in [-0.39, 0.29) is 0 Å². The zero-order valence-corrected chi connectivity index (χ0v) is 13.7. The van der Waals surface area contributed by atoms with Crippen LogP contribution in [0.25, 0.3) is 0 Å². The third-order valence-electron chi connectivity index (χ3n) is 3.91. The molecule has 2 unspecified atom stereocenters. The molecule has 2 atom stereocenters. The zero-order chi connectivity index (χ0) is 15.8. The van der Waals surface area contributed by atoms with Crippen LogP contribution < -0.4 is 4.74 Å². The van der Waals surface area contributed by atoms with Gasteiger partial charge < -0.3 is 4.74 Å². The highest BCUT2D eigenvalue weighted by Crippen LogP contribution is 2.25. The molecule has 1 nitrogen and oxygen atoms in total. The van der Waals surface area contributed by atoms with Gasteiger partial charge in [0.1, 0.15) is 12.4 Å². The van der Waals surface area contributed by atoms with Crippen molar-refractivity contribution in [2.24, 2.45) is 5.92 Å². The molecule has 0 aliphatic heterocycles. The van der Waals surface area contributed by atoms with Gasteiger partial charge in [-0.2, -0.15) is 0 Å². The maximum atomic E-state index is 5.82. The fraction of sp³-hybridized carbons (Fsp3) is 0.333. The molecule has 0 spiro atoms. The van der Waals surface area contributed by atoms with Crippen molar-refractivity contribution in [1.29, 1.82) is 0 Å². The van der Waals surface area contributed by atoms with Crippen LogP contribution in [0.5, 0.6) is 5.75 Å². The molecule has 2 aromatic carbocycles. The maximum absolute atomic E-state index is 5.82. The summed E-state index contributed by atoms with van der Waals surface area (Å²) < 4.78 is 5.82. The maximum Gasteiger partial charge on any atom is 0.119 e. The van der Waals surface area contributed by atoms with E-state index in [0.717, 1.165) is 12.2 Å². The van der Waals surface area contributed by atoms with Crippen molar-refractivity contribution >= 4 is 0 Å². The summed E-state index contributed by atoms with van der Waals surface area (Å²) in [4.78, 5) is 0. The minimum absolute atomic E-state index is 0.371. The Morgan fingerprint density at radius 3 is 2.27 bits per heavy atom. The van der Waals surface area contributed by atoms with E-state index in [1.807, 2.05) is 18.2 Å². The van der Waals surface area contributed by atoms with Crippen LogP contribution in [0.3, 0.4) is 0 Å². The molecule has 0 saturated heterocycles. The summed E-state index contributed by atoms with van der Waals surface area (Å²) in [6, 6.07) is 18.6. The average molecular weight is 292 g/mol. The molecule has 0 aliphatic rings. The first-order valence-corrected chi connectivity index (χ1v) is 7.95. The molecular weight excluding hydrogens is 268 g/mol. The molecule has 0 radical (unpaired) electrons. The Morgan fingerprint density at radius 1 is 0.955 bits per heavy atom. The average Bonchev–Trinajstić information content (AvgIpc) is 2.58. The summed E-state index contributed by atoms with van der Waals surface area (Å²) in [5.74, 6) is 8.20. The molecule has 0 bridgehead atoms. The van der Waals surface area contributed by atoms with E-state index in [1.165, 1.54) is 11.1 Å². The van der Waals surface area contributed by atoms with Crippen LogP contribution >= 0.6 is 0 Å². The first-order chi connectivity index (χ1) is 10.7. The van der Waals surface area contributed by atoms with Crippen molar-refractivity contribution < 1.29 is 4.74 Å². The predicted octanol–water partition coefficient (Wildman–Crippen LogP) is 5.42. The van der Waals surface area contributed by atoms with Gasteiger partial charge in [-0.3, -0.25) is 0 Å². The summed E-state index contributed by atoms with van der Waals surface area (Å²) in [7, 11) is 0. The number of rotatable bonds is 5. The standard InChI is InChI=1S/C21H24O/c1-4-5-9-17(2)18(3)20-12-14-21(15-13-20)22-16-19-10-7-6-8-11-19/h6-8,10-15,17-18H,4,16H2,1-3H3. The highest BCUT2D eigenvalue weighted by Gasteiger charge is 2.12. The lowest BCUT2D eigenvalue weighted by molar-refractivity contribution is 0.306. The second kappa shape index (κ2) is 8.29. The van der Waals surface area contributed by atoms with Gasteiger partial charge in [0, 0.05) is 12.3 Å². The molecule has 0 aromatic heterocycles. The Bertz CT molecular complexity index is 616. The minimum Gasteiger partial charge on any atom is -0.489 e. The lowest BCUT2D eigenvalue weighted by atomic mass is 9.89. The van der Waals surface area contributed by atoms with E-state index >= 15 is 0 Å². The van der Waals surface area contributed by atoms with E-state index in [4.69, 9.17) is 4.74 Å². The van der Waals surface area contributed by atoms with Gasteiger partial charge in [0.25, 0.3) is 0 Å². The molecule has 1 heteroatoms. The van der Waals surface area contributed by atoms with Crippen molar-refractivity contribution in [3.63, 3.8) is 0 Å². The van der Waals surface area contributed by atoms with Gasteiger partial charge in [-0.15, -0.1) is 5.92 Å². The Kier molecular flexibility index (Phi) is 6.10. The Morgan fingerprint density at radius 2 is 1.64 bits per heavy atom. The van der Waals surface area contributed by atoms with Gasteiger partial charge in [0.05, 0.1) is 0 Å². The van der Waals surface area contributed by atoms with Crippen LogP contribution in [0.4, 0.5) is 0 Å². The third kappa shape index (κ3) is 4.67. The van der Waals surface area contributed by atoms with Crippen LogP contribution in [0.15, 0.2) is 54.6 Å². The fourth-order valence-corrected chi connectivity index (χ4v) is 2.29. The largest absolute Gasteiger partial charge is 0.489 e. The highest BCUT2D eigenvalue weighted by molar-refractivity contribution is 5.31. The van der Waals surface area contributed by atoms with Gasteiger partial charge in [-0.25, -0.2) is 0 Å². The molecule has 0 N–H and O–H groups in total. The minimum atomic E-state index is 0.371.